The van der Waals surface area contributed by atoms with E-state index in [1.54, 1.807) is 25.9 Å². The van der Waals surface area contributed by atoms with Crippen LogP contribution in [-0.2, 0) is 16.1 Å². The molecule has 4 rings (SSSR count). The second kappa shape index (κ2) is 11.4. The molecule has 1 aliphatic heterocycles. The summed E-state index contributed by atoms with van der Waals surface area (Å²) in [7, 11) is 1.62. The van der Waals surface area contributed by atoms with Gasteiger partial charge in [-0.25, -0.2) is 4.79 Å². The Morgan fingerprint density at radius 1 is 1.14 bits per heavy atom. The number of likely N-dealkylation sites (tertiary alicyclic amines) is 1. The summed E-state index contributed by atoms with van der Waals surface area (Å²) in [5.74, 6) is 1.61. The van der Waals surface area contributed by atoms with Crippen LogP contribution in [0.15, 0.2) is 48.5 Å². The maximum Gasteiger partial charge on any atom is 0.408 e. The van der Waals surface area contributed by atoms with Gasteiger partial charge in [0.1, 0.15) is 12.6 Å². The SMILES string of the molecule is COc1ccc([C@@H]2CN(C(=O)[C@@H](C)NC(=O)OCc3ccccc3)C[C@@]2(C)[C@@H](C)O)cc1OCC1CC1. The van der Waals surface area contributed by atoms with Gasteiger partial charge in [0.05, 0.1) is 19.8 Å². The molecule has 200 valence electrons. The van der Waals surface area contributed by atoms with Crippen molar-refractivity contribution in [1.29, 1.82) is 0 Å². The Morgan fingerprint density at radius 3 is 2.51 bits per heavy atom. The van der Waals surface area contributed by atoms with E-state index in [-0.39, 0.29) is 18.4 Å². The molecule has 2 fully saturated rings. The molecule has 2 aromatic carbocycles. The van der Waals surface area contributed by atoms with E-state index in [0.29, 0.717) is 37.1 Å². The number of hydrogen-bond acceptors (Lipinski definition) is 6. The van der Waals surface area contributed by atoms with Gasteiger partial charge in [-0.3, -0.25) is 4.79 Å². The van der Waals surface area contributed by atoms with Gasteiger partial charge in [0.15, 0.2) is 11.5 Å². The first-order valence-corrected chi connectivity index (χ1v) is 13.0. The van der Waals surface area contributed by atoms with E-state index >= 15 is 0 Å². The lowest BCUT2D eigenvalue weighted by Gasteiger charge is -2.34. The van der Waals surface area contributed by atoms with Crippen LogP contribution in [0.25, 0.3) is 0 Å². The zero-order valence-corrected chi connectivity index (χ0v) is 22.1. The third kappa shape index (κ3) is 6.36. The highest BCUT2D eigenvalue weighted by atomic mass is 16.5. The fourth-order valence-electron chi connectivity index (χ4n) is 4.88. The number of methoxy groups -OCH3 is 1. The second-order valence-electron chi connectivity index (χ2n) is 10.5. The predicted molar refractivity (Wildman–Crippen MR) is 140 cm³/mol. The molecule has 2 aromatic rings. The van der Waals surface area contributed by atoms with E-state index in [2.05, 4.69) is 5.32 Å². The number of aliphatic hydroxyl groups excluding tert-OH is 1. The lowest BCUT2D eigenvalue weighted by atomic mass is 9.72. The topological polar surface area (TPSA) is 97.3 Å². The first kappa shape index (κ1) is 26.8. The number of carbonyl (C=O) groups is 2. The summed E-state index contributed by atoms with van der Waals surface area (Å²) in [5.41, 5.74) is 1.27. The molecule has 37 heavy (non-hydrogen) atoms. The minimum atomic E-state index is -0.770. The molecule has 2 N–H and O–H groups in total. The van der Waals surface area contributed by atoms with Crippen molar-refractivity contribution >= 4 is 12.0 Å². The predicted octanol–water partition coefficient (Wildman–Crippen LogP) is 4.11. The summed E-state index contributed by atoms with van der Waals surface area (Å²) in [6, 6.07) is 14.4. The fraction of sp³-hybridized carbons (Fsp3) is 0.517. The molecule has 0 bridgehead atoms. The molecule has 2 aliphatic rings. The average molecular weight is 511 g/mol. The molecule has 0 spiro atoms. The molecule has 2 amide bonds. The summed E-state index contributed by atoms with van der Waals surface area (Å²) in [5, 5.41) is 13.4. The van der Waals surface area contributed by atoms with Crippen LogP contribution in [0.5, 0.6) is 11.5 Å². The third-order valence-corrected chi connectivity index (χ3v) is 7.68. The molecule has 4 atom stereocenters. The zero-order valence-electron chi connectivity index (χ0n) is 22.1. The second-order valence-corrected chi connectivity index (χ2v) is 10.5. The van der Waals surface area contributed by atoms with E-state index in [4.69, 9.17) is 14.2 Å². The molecule has 8 heteroatoms. The van der Waals surface area contributed by atoms with Gasteiger partial charge < -0.3 is 29.5 Å². The van der Waals surface area contributed by atoms with Crippen molar-refractivity contribution in [2.24, 2.45) is 11.3 Å². The Kier molecular flexibility index (Phi) is 8.27. The summed E-state index contributed by atoms with van der Waals surface area (Å²) in [4.78, 5) is 27.3. The van der Waals surface area contributed by atoms with Gasteiger partial charge in [-0.05, 0) is 55.9 Å². The molecular weight excluding hydrogens is 472 g/mol. The number of nitrogens with one attached hydrogen (secondary N) is 1. The van der Waals surface area contributed by atoms with Gasteiger partial charge in [0, 0.05) is 24.4 Å². The van der Waals surface area contributed by atoms with E-state index < -0.39 is 23.7 Å². The number of aliphatic hydroxyl groups is 1. The van der Waals surface area contributed by atoms with Crippen LogP contribution in [-0.4, -0.2) is 61.0 Å². The number of hydrogen-bond donors (Lipinski definition) is 2. The molecule has 1 saturated heterocycles. The van der Waals surface area contributed by atoms with Crippen LogP contribution in [0.2, 0.25) is 0 Å². The fourth-order valence-corrected chi connectivity index (χ4v) is 4.88. The Balaban J connectivity index is 1.43. The lowest BCUT2D eigenvalue weighted by molar-refractivity contribution is -0.132. The summed E-state index contributed by atoms with van der Waals surface area (Å²) >= 11 is 0. The number of ether oxygens (including phenoxy) is 3. The Hall–Kier alpha value is -3.26. The molecule has 1 saturated carbocycles. The van der Waals surface area contributed by atoms with Crippen molar-refractivity contribution < 1.29 is 28.9 Å². The van der Waals surface area contributed by atoms with E-state index in [9.17, 15) is 14.7 Å². The first-order valence-electron chi connectivity index (χ1n) is 13.0. The largest absolute Gasteiger partial charge is 0.493 e. The van der Waals surface area contributed by atoms with Gasteiger partial charge >= 0.3 is 6.09 Å². The van der Waals surface area contributed by atoms with Crippen molar-refractivity contribution in [1.82, 2.24) is 10.2 Å². The quantitative estimate of drug-likeness (QED) is 0.499. The van der Waals surface area contributed by atoms with Crippen molar-refractivity contribution in [3.63, 3.8) is 0 Å². The molecule has 1 heterocycles. The molecule has 8 nitrogen and oxygen atoms in total. The number of alkyl carbamates (subject to hydrolysis) is 1. The molecule has 0 radical (unpaired) electrons. The zero-order chi connectivity index (χ0) is 26.6. The van der Waals surface area contributed by atoms with Crippen LogP contribution in [0.1, 0.15) is 50.7 Å². The normalized spacial score (nSPS) is 22.7. The molecule has 0 aromatic heterocycles. The van der Waals surface area contributed by atoms with Crippen molar-refractivity contribution in [3.8, 4) is 11.5 Å². The number of carbonyl (C=O) groups excluding carboxylic acids is 2. The van der Waals surface area contributed by atoms with Crippen molar-refractivity contribution in [2.75, 3.05) is 26.8 Å². The summed E-state index contributed by atoms with van der Waals surface area (Å²) in [6.45, 7) is 6.97. The standard InChI is InChI=1S/C29H38N2O6/c1-19(30-28(34)37-17-21-8-6-5-7-9-21)27(33)31-15-24(29(3,18-31)20(2)32)23-12-13-25(35-4)26(14-23)36-16-22-10-11-22/h5-9,12-14,19-20,22,24,32H,10-11,15-18H2,1-4H3,(H,30,34)/t19-,20-,24+,29+/m1/s1. The smallest absolute Gasteiger partial charge is 0.408 e. The van der Waals surface area contributed by atoms with Gasteiger partial charge in [-0.15, -0.1) is 0 Å². The molecule has 0 unspecified atom stereocenters. The van der Waals surface area contributed by atoms with Crippen molar-refractivity contribution in [3.05, 3.63) is 59.7 Å². The Labute approximate surface area is 218 Å². The van der Waals surface area contributed by atoms with Crippen LogP contribution in [0.4, 0.5) is 4.79 Å². The maximum atomic E-state index is 13.3. The van der Waals surface area contributed by atoms with Gasteiger partial charge in [0.25, 0.3) is 0 Å². The molecular formula is C29H38N2O6. The minimum absolute atomic E-state index is 0.122. The minimum Gasteiger partial charge on any atom is -0.493 e. The Bertz CT molecular complexity index is 1090. The van der Waals surface area contributed by atoms with E-state index in [1.165, 1.54) is 12.8 Å². The number of rotatable bonds is 10. The number of nitrogens with zero attached hydrogens (tertiary/aromatic N) is 1. The van der Waals surface area contributed by atoms with Crippen LogP contribution in [0, 0.1) is 11.3 Å². The van der Waals surface area contributed by atoms with Crippen molar-refractivity contribution in [2.45, 2.75) is 58.3 Å². The lowest BCUT2D eigenvalue weighted by Crippen LogP contribution is -2.47. The van der Waals surface area contributed by atoms with E-state index in [0.717, 1.165) is 11.1 Å². The third-order valence-electron chi connectivity index (χ3n) is 7.68. The highest BCUT2D eigenvalue weighted by Crippen LogP contribution is 2.47. The van der Waals surface area contributed by atoms with Gasteiger partial charge in [-0.2, -0.15) is 0 Å². The number of amides is 2. The number of benzene rings is 2. The van der Waals surface area contributed by atoms with Gasteiger partial charge in [-0.1, -0.05) is 43.3 Å². The monoisotopic (exact) mass is 510 g/mol. The van der Waals surface area contributed by atoms with Crippen LogP contribution >= 0.6 is 0 Å². The van der Waals surface area contributed by atoms with Crippen LogP contribution in [0.3, 0.4) is 0 Å². The maximum absolute atomic E-state index is 13.3. The summed E-state index contributed by atoms with van der Waals surface area (Å²) in [6.07, 6.45) is 1.07. The molecule has 1 aliphatic carbocycles. The first-order chi connectivity index (χ1) is 17.7. The van der Waals surface area contributed by atoms with E-state index in [1.807, 2.05) is 55.5 Å². The highest BCUT2D eigenvalue weighted by Gasteiger charge is 2.49. The van der Waals surface area contributed by atoms with Crippen LogP contribution < -0.4 is 14.8 Å². The van der Waals surface area contributed by atoms with Gasteiger partial charge in [0.2, 0.25) is 5.91 Å². The Morgan fingerprint density at radius 2 is 1.86 bits per heavy atom. The average Bonchev–Trinajstić information content (AvgIpc) is 3.66. The summed E-state index contributed by atoms with van der Waals surface area (Å²) < 4.78 is 16.8. The highest BCUT2D eigenvalue weighted by molar-refractivity contribution is 5.85.